The lowest BCUT2D eigenvalue weighted by Gasteiger charge is -2.08. The first-order valence-corrected chi connectivity index (χ1v) is 7.68. The number of nitrogens with zero attached hydrogens (tertiary/aromatic N) is 1. The molecular weight excluding hydrogens is 312 g/mol. The van der Waals surface area contributed by atoms with Gasteiger partial charge in [-0.3, -0.25) is 4.79 Å². The Kier molecular flexibility index (Phi) is 4.26. The van der Waals surface area contributed by atoms with E-state index in [0.717, 1.165) is 22.8 Å². The number of furan rings is 1. The number of carbonyl (C=O) groups is 1. The summed E-state index contributed by atoms with van der Waals surface area (Å²) in [5, 5.41) is 3.53. The summed E-state index contributed by atoms with van der Waals surface area (Å²) < 4.78 is 7.46. The molecule has 0 aliphatic heterocycles. The van der Waals surface area contributed by atoms with Crippen molar-refractivity contribution in [3.63, 3.8) is 0 Å². The Morgan fingerprint density at radius 1 is 1.22 bits per heavy atom. The SMILES string of the molecule is Cc1cc(C(=O)Nc2ccc(Cl)cc2)c(C)n1Cc1ccco1. The van der Waals surface area contributed by atoms with E-state index < -0.39 is 0 Å². The topological polar surface area (TPSA) is 47.2 Å². The molecule has 4 nitrogen and oxygen atoms in total. The van der Waals surface area contributed by atoms with Crippen LogP contribution in [0.15, 0.2) is 53.1 Å². The quantitative estimate of drug-likeness (QED) is 0.757. The van der Waals surface area contributed by atoms with Crippen molar-refractivity contribution in [3.05, 3.63) is 76.5 Å². The Bertz CT molecular complexity index is 818. The smallest absolute Gasteiger partial charge is 0.257 e. The fourth-order valence-corrected chi connectivity index (χ4v) is 2.69. The summed E-state index contributed by atoms with van der Waals surface area (Å²) >= 11 is 5.86. The van der Waals surface area contributed by atoms with E-state index in [0.29, 0.717) is 17.1 Å². The molecule has 2 aromatic heterocycles. The third-order valence-corrected chi connectivity index (χ3v) is 4.07. The van der Waals surface area contributed by atoms with Crippen LogP contribution in [0.1, 0.15) is 27.5 Å². The highest BCUT2D eigenvalue weighted by Crippen LogP contribution is 2.20. The molecule has 0 radical (unpaired) electrons. The van der Waals surface area contributed by atoms with Gasteiger partial charge in [0.05, 0.1) is 18.4 Å². The van der Waals surface area contributed by atoms with Crippen molar-refractivity contribution in [1.82, 2.24) is 4.57 Å². The van der Waals surface area contributed by atoms with E-state index in [-0.39, 0.29) is 5.91 Å². The molecule has 3 rings (SSSR count). The van der Waals surface area contributed by atoms with Gasteiger partial charge in [0.15, 0.2) is 0 Å². The third kappa shape index (κ3) is 3.32. The van der Waals surface area contributed by atoms with Gasteiger partial charge >= 0.3 is 0 Å². The molecule has 2 heterocycles. The van der Waals surface area contributed by atoms with E-state index in [9.17, 15) is 4.79 Å². The number of benzene rings is 1. The van der Waals surface area contributed by atoms with Crippen LogP contribution in [-0.2, 0) is 6.54 Å². The predicted octanol–water partition coefficient (Wildman–Crippen LogP) is 4.65. The zero-order chi connectivity index (χ0) is 16.4. The first-order valence-electron chi connectivity index (χ1n) is 7.30. The second-order valence-electron chi connectivity index (χ2n) is 5.41. The summed E-state index contributed by atoms with van der Waals surface area (Å²) in [6, 6.07) is 12.7. The van der Waals surface area contributed by atoms with Crippen molar-refractivity contribution < 1.29 is 9.21 Å². The van der Waals surface area contributed by atoms with E-state index in [1.165, 1.54) is 0 Å². The summed E-state index contributed by atoms with van der Waals surface area (Å²) in [5.74, 6) is 0.725. The molecule has 1 aromatic carbocycles. The summed E-state index contributed by atoms with van der Waals surface area (Å²) in [6.45, 7) is 4.53. The molecule has 0 spiro atoms. The first-order chi connectivity index (χ1) is 11.0. The lowest BCUT2D eigenvalue weighted by atomic mass is 10.2. The van der Waals surface area contributed by atoms with Crippen molar-refractivity contribution in [1.29, 1.82) is 0 Å². The molecule has 0 atom stereocenters. The molecular formula is C18H17ClN2O2. The van der Waals surface area contributed by atoms with Crippen LogP contribution in [0.2, 0.25) is 5.02 Å². The minimum atomic E-state index is -0.133. The highest BCUT2D eigenvalue weighted by molar-refractivity contribution is 6.30. The fraction of sp³-hybridized carbons (Fsp3) is 0.167. The summed E-state index contributed by atoms with van der Waals surface area (Å²) in [7, 11) is 0. The van der Waals surface area contributed by atoms with Crippen LogP contribution in [0.4, 0.5) is 5.69 Å². The average Bonchev–Trinajstić information content (AvgIpc) is 3.13. The molecule has 1 amide bonds. The summed E-state index contributed by atoms with van der Waals surface area (Å²) in [4.78, 5) is 12.5. The number of amides is 1. The molecule has 23 heavy (non-hydrogen) atoms. The Labute approximate surface area is 139 Å². The van der Waals surface area contributed by atoms with Gasteiger partial charge in [-0.25, -0.2) is 0 Å². The van der Waals surface area contributed by atoms with Crippen LogP contribution < -0.4 is 5.32 Å². The van der Waals surface area contributed by atoms with Gasteiger partial charge in [0.1, 0.15) is 5.76 Å². The lowest BCUT2D eigenvalue weighted by molar-refractivity contribution is 0.102. The molecule has 0 unspecified atom stereocenters. The van der Waals surface area contributed by atoms with Gasteiger partial charge in [0.25, 0.3) is 5.91 Å². The molecule has 5 heteroatoms. The second-order valence-corrected chi connectivity index (χ2v) is 5.85. The Morgan fingerprint density at radius 3 is 2.61 bits per heavy atom. The molecule has 0 aliphatic carbocycles. The number of aryl methyl sites for hydroxylation is 1. The van der Waals surface area contributed by atoms with E-state index >= 15 is 0 Å². The molecule has 0 aliphatic rings. The van der Waals surface area contributed by atoms with Crippen molar-refractivity contribution in [2.24, 2.45) is 0 Å². The maximum atomic E-state index is 12.5. The minimum Gasteiger partial charge on any atom is -0.467 e. The van der Waals surface area contributed by atoms with Crippen molar-refractivity contribution in [2.75, 3.05) is 5.32 Å². The van der Waals surface area contributed by atoms with Crippen LogP contribution in [0, 0.1) is 13.8 Å². The van der Waals surface area contributed by atoms with Crippen LogP contribution >= 0.6 is 11.6 Å². The minimum absolute atomic E-state index is 0.133. The zero-order valence-electron chi connectivity index (χ0n) is 13.0. The second kappa shape index (κ2) is 6.34. The molecule has 0 bridgehead atoms. The van der Waals surface area contributed by atoms with Gasteiger partial charge in [0, 0.05) is 22.1 Å². The first kappa shape index (κ1) is 15.4. The fourth-order valence-electron chi connectivity index (χ4n) is 2.56. The molecule has 0 saturated carbocycles. The van der Waals surface area contributed by atoms with Gasteiger partial charge in [-0.1, -0.05) is 11.6 Å². The van der Waals surface area contributed by atoms with Gasteiger partial charge in [-0.05, 0) is 56.3 Å². The van der Waals surface area contributed by atoms with E-state index in [4.69, 9.17) is 16.0 Å². The zero-order valence-corrected chi connectivity index (χ0v) is 13.7. The Hall–Kier alpha value is -2.46. The average molecular weight is 329 g/mol. The van der Waals surface area contributed by atoms with Crippen molar-refractivity contribution in [2.45, 2.75) is 20.4 Å². The largest absolute Gasteiger partial charge is 0.467 e. The number of hydrogen-bond acceptors (Lipinski definition) is 2. The van der Waals surface area contributed by atoms with Crippen LogP contribution in [0.5, 0.6) is 0 Å². The highest BCUT2D eigenvalue weighted by atomic mass is 35.5. The summed E-state index contributed by atoms with van der Waals surface area (Å²) in [6.07, 6.45) is 1.65. The molecule has 0 saturated heterocycles. The normalized spacial score (nSPS) is 10.7. The van der Waals surface area contributed by atoms with E-state index in [1.807, 2.05) is 32.0 Å². The number of aromatic nitrogens is 1. The van der Waals surface area contributed by atoms with E-state index in [1.54, 1.807) is 30.5 Å². The van der Waals surface area contributed by atoms with Crippen LogP contribution in [-0.4, -0.2) is 10.5 Å². The standard InChI is InChI=1S/C18H17ClN2O2/c1-12-10-17(13(2)21(12)11-16-4-3-9-23-16)18(22)20-15-7-5-14(19)6-8-15/h3-10H,11H2,1-2H3,(H,20,22). The summed E-state index contributed by atoms with van der Waals surface area (Å²) in [5.41, 5.74) is 3.30. The van der Waals surface area contributed by atoms with Crippen LogP contribution in [0.25, 0.3) is 0 Å². The Balaban J connectivity index is 1.82. The maximum absolute atomic E-state index is 12.5. The van der Waals surface area contributed by atoms with Gasteiger partial charge in [-0.15, -0.1) is 0 Å². The van der Waals surface area contributed by atoms with Gasteiger partial charge in [0.2, 0.25) is 0 Å². The Morgan fingerprint density at radius 2 is 1.96 bits per heavy atom. The number of rotatable bonds is 4. The van der Waals surface area contributed by atoms with E-state index in [2.05, 4.69) is 9.88 Å². The third-order valence-electron chi connectivity index (χ3n) is 3.81. The van der Waals surface area contributed by atoms with Crippen molar-refractivity contribution in [3.8, 4) is 0 Å². The maximum Gasteiger partial charge on any atom is 0.257 e. The number of anilines is 1. The monoisotopic (exact) mass is 328 g/mol. The van der Waals surface area contributed by atoms with Gasteiger partial charge < -0.3 is 14.3 Å². The number of hydrogen-bond donors (Lipinski definition) is 1. The predicted molar refractivity (Wildman–Crippen MR) is 91.1 cm³/mol. The molecule has 1 N–H and O–H groups in total. The van der Waals surface area contributed by atoms with Crippen LogP contribution in [0.3, 0.4) is 0 Å². The highest BCUT2D eigenvalue weighted by Gasteiger charge is 2.16. The molecule has 118 valence electrons. The number of carbonyl (C=O) groups excluding carboxylic acids is 1. The van der Waals surface area contributed by atoms with Gasteiger partial charge in [-0.2, -0.15) is 0 Å². The number of halogens is 1. The number of nitrogens with one attached hydrogen (secondary N) is 1. The lowest BCUT2D eigenvalue weighted by Crippen LogP contribution is -2.13. The molecule has 3 aromatic rings. The molecule has 0 fully saturated rings. The van der Waals surface area contributed by atoms with Crippen molar-refractivity contribution >= 4 is 23.2 Å².